The molecule has 4 rings (SSSR count). The summed E-state index contributed by atoms with van der Waals surface area (Å²) in [5.74, 6) is -0.243. The van der Waals surface area contributed by atoms with Crippen LogP contribution in [0.25, 0.3) is 10.2 Å². The minimum Gasteiger partial charge on any atom is -0.298 e. The Hall–Kier alpha value is -3.23. The SMILES string of the molecule is Cc1ccc(S(=O)(=O)Nc2cc(C)c3nc(NC(=O)c4ccccc4)sc3c2)c(C)c1. The first kappa shape index (κ1) is 21.0. The summed E-state index contributed by atoms with van der Waals surface area (Å²) in [4.78, 5) is 17.2. The van der Waals surface area contributed by atoms with Crippen LogP contribution in [0.1, 0.15) is 27.0 Å². The third-order valence-corrected chi connectivity index (χ3v) is 7.27. The molecule has 31 heavy (non-hydrogen) atoms. The van der Waals surface area contributed by atoms with Crippen LogP contribution in [0.3, 0.4) is 0 Å². The Labute approximate surface area is 185 Å². The summed E-state index contributed by atoms with van der Waals surface area (Å²) in [6, 6.07) is 17.6. The maximum Gasteiger partial charge on any atom is 0.262 e. The number of hydrogen-bond acceptors (Lipinski definition) is 5. The number of carbonyl (C=O) groups is 1. The Morgan fingerprint density at radius 3 is 2.39 bits per heavy atom. The second kappa shape index (κ2) is 8.13. The number of thiazole rings is 1. The fourth-order valence-electron chi connectivity index (χ4n) is 3.38. The quantitative estimate of drug-likeness (QED) is 0.432. The van der Waals surface area contributed by atoms with Crippen molar-refractivity contribution in [1.29, 1.82) is 0 Å². The summed E-state index contributed by atoms with van der Waals surface area (Å²) in [6.45, 7) is 5.56. The molecular weight excluding hydrogens is 430 g/mol. The number of fused-ring (bicyclic) bond motifs is 1. The Kier molecular flexibility index (Phi) is 5.51. The fourth-order valence-corrected chi connectivity index (χ4v) is 5.63. The van der Waals surface area contributed by atoms with Crippen LogP contribution in [0, 0.1) is 20.8 Å². The van der Waals surface area contributed by atoms with Crippen molar-refractivity contribution in [1.82, 2.24) is 4.98 Å². The molecule has 0 fully saturated rings. The number of nitrogens with zero attached hydrogens (tertiary/aromatic N) is 1. The minimum absolute atomic E-state index is 0.243. The Morgan fingerprint density at radius 1 is 0.935 bits per heavy atom. The van der Waals surface area contributed by atoms with Gasteiger partial charge in [0.1, 0.15) is 0 Å². The molecule has 4 aromatic rings. The zero-order valence-corrected chi connectivity index (χ0v) is 18.9. The van der Waals surface area contributed by atoms with Gasteiger partial charge in [-0.1, -0.05) is 47.2 Å². The van der Waals surface area contributed by atoms with Gasteiger partial charge in [-0.05, 0) is 62.2 Å². The summed E-state index contributed by atoms with van der Waals surface area (Å²) in [5, 5.41) is 3.27. The number of benzene rings is 3. The number of aryl methyl sites for hydroxylation is 3. The van der Waals surface area contributed by atoms with Crippen molar-refractivity contribution in [2.24, 2.45) is 0 Å². The molecule has 0 spiro atoms. The first-order valence-electron chi connectivity index (χ1n) is 9.60. The molecule has 0 radical (unpaired) electrons. The Bertz CT molecular complexity index is 1390. The van der Waals surface area contributed by atoms with Gasteiger partial charge < -0.3 is 0 Å². The first-order chi connectivity index (χ1) is 14.7. The number of nitrogens with one attached hydrogen (secondary N) is 2. The van der Waals surface area contributed by atoms with Crippen molar-refractivity contribution >= 4 is 48.3 Å². The Balaban J connectivity index is 1.62. The van der Waals surface area contributed by atoms with Crippen molar-refractivity contribution in [2.75, 3.05) is 10.0 Å². The smallest absolute Gasteiger partial charge is 0.262 e. The van der Waals surface area contributed by atoms with Gasteiger partial charge in [0.25, 0.3) is 15.9 Å². The number of anilines is 2. The van der Waals surface area contributed by atoms with Crippen molar-refractivity contribution in [3.05, 3.63) is 82.9 Å². The van der Waals surface area contributed by atoms with Crippen molar-refractivity contribution in [3.63, 3.8) is 0 Å². The van der Waals surface area contributed by atoms with Crippen molar-refractivity contribution in [2.45, 2.75) is 25.7 Å². The summed E-state index contributed by atoms with van der Waals surface area (Å²) in [5.41, 5.74) is 4.22. The fraction of sp³-hybridized carbons (Fsp3) is 0.130. The minimum atomic E-state index is -3.73. The number of sulfonamides is 1. The van der Waals surface area contributed by atoms with E-state index in [1.54, 1.807) is 55.5 Å². The van der Waals surface area contributed by atoms with Crippen LogP contribution in [0.5, 0.6) is 0 Å². The summed E-state index contributed by atoms with van der Waals surface area (Å²) >= 11 is 1.30. The topological polar surface area (TPSA) is 88.2 Å². The highest BCUT2D eigenvalue weighted by Crippen LogP contribution is 2.32. The van der Waals surface area contributed by atoms with Gasteiger partial charge in [-0.25, -0.2) is 13.4 Å². The lowest BCUT2D eigenvalue weighted by Crippen LogP contribution is -2.14. The van der Waals surface area contributed by atoms with E-state index in [1.165, 1.54) is 11.3 Å². The molecule has 1 heterocycles. The molecule has 6 nitrogen and oxygen atoms in total. The van der Waals surface area contributed by atoms with Crippen LogP contribution >= 0.6 is 11.3 Å². The summed E-state index contributed by atoms with van der Waals surface area (Å²) in [6.07, 6.45) is 0. The molecule has 158 valence electrons. The maximum atomic E-state index is 12.9. The molecule has 8 heteroatoms. The van der Waals surface area contributed by atoms with Crippen LogP contribution in [-0.2, 0) is 10.0 Å². The number of carbonyl (C=O) groups excluding carboxylic acids is 1. The number of aromatic nitrogens is 1. The van der Waals surface area contributed by atoms with E-state index < -0.39 is 10.0 Å². The molecule has 3 aromatic carbocycles. The van der Waals surface area contributed by atoms with E-state index in [1.807, 2.05) is 26.0 Å². The van der Waals surface area contributed by atoms with Gasteiger partial charge in [0, 0.05) is 5.56 Å². The summed E-state index contributed by atoms with van der Waals surface area (Å²) < 4.78 is 29.3. The molecular formula is C23H21N3O3S2. The maximum absolute atomic E-state index is 12.9. The molecule has 0 unspecified atom stereocenters. The normalized spacial score (nSPS) is 11.5. The van der Waals surface area contributed by atoms with Crippen LogP contribution < -0.4 is 10.0 Å². The highest BCUT2D eigenvalue weighted by molar-refractivity contribution is 7.92. The molecule has 0 aliphatic carbocycles. The second-order valence-electron chi connectivity index (χ2n) is 7.35. The van der Waals surface area contributed by atoms with Crippen molar-refractivity contribution in [3.8, 4) is 0 Å². The monoisotopic (exact) mass is 451 g/mol. The highest BCUT2D eigenvalue weighted by Gasteiger charge is 2.18. The van der Waals surface area contributed by atoms with E-state index in [0.717, 1.165) is 21.3 Å². The largest absolute Gasteiger partial charge is 0.298 e. The third-order valence-electron chi connectivity index (χ3n) is 4.81. The molecule has 1 amide bonds. The highest BCUT2D eigenvalue weighted by atomic mass is 32.2. The van der Waals surface area contributed by atoms with Gasteiger partial charge in [-0.2, -0.15) is 0 Å². The lowest BCUT2D eigenvalue weighted by Gasteiger charge is -2.11. The average Bonchev–Trinajstić information content (AvgIpc) is 3.11. The zero-order chi connectivity index (χ0) is 22.2. The van der Waals surface area contributed by atoms with E-state index in [-0.39, 0.29) is 10.8 Å². The second-order valence-corrected chi connectivity index (χ2v) is 10.0. The molecule has 0 aliphatic heterocycles. The first-order valence-corrected chi connectivity index (χ1v) is 11.9. The van der Waals surface area contributed by atoms with Crippen LogP contribution in [-0.4, -0.2) is 19.3 Å². The van der Waals surface area contributed by atoms with E-state index in [0.29, 0.717) is 21.9 Å². The lowest BCUT2D eigenvalue weighted by molar-refractivity contribution is 0.102. The zero-order valence-electron chi connectivity index (χ0n) is 17.3. The van der Waals surface area contributed by atoms with Gasteiger partial charge in [0.05, 0.1) is 20.8 Å². The van der Waals surface area contributed by atoms with E-state index >= 15 is 0 Å². The standard InChI is InChI=1S/C23H21N3O3S2/c1-14-9-10-20(15(2)11-14)31(28,29)26-18-12-16(3)21-19(13-18)30-23(24-21)25-22(27)17-7-5-4-6-8-17/h4-13,26H,1-3H3,(H,24,25,27). The summed E-state index contributed by atoms with van der Waals surface area (Å²) in [7, 11) is -3.73. The molecule has 0 bridgehead atoms. The van der Waals surface area contributed by atoms with Gasteiger partial charge >= 0.3 is 0 Å². The lowest BCUT2D eigenvalue weighted by atomic mass is 10.2. The van der Waals surface area contributed by atoms with E-state index in [4.69, 9.17) is 0 Å². The number of hydrogen-bond donors (Lipinski definition) is 2. The average molecular weight is 452 g/mol. The third kappa shape index (κ3) is 4.45. The van der Waals surface area contributed by atoms with Gasteiger partial charge in [0.2, 0.25) is 0 Å². The molecule has 0 saturated heterocycles. The molecule has 0 aliphatic rings. The predicted molar refractivity (Wildman–Crippen MR) is 125 cm³/mol. The Morgan fingerprint density at radius 2 is 1.68 bits per heavy atom. The van der Waals surface area contributed by atoms with Gasteiger partial charge in [0.15, 0.2) is 5.13 Å². The van der Waals surface area contributed by atoms with Crippen LogP contribution in [0.4, 0.5) is 10.8 Å². The van der Waals surface area contributed by atoms with Gasteiger partial charge in [-0.3, -0.25) is 14.8 Å². The molecule has 0 atom stereocenters. The number of amides is 1. The van der Waals surface area contributed by atoms with Gasteiger partial charge in [-0.15, -0.1) is 0 Å². The number of rotatable bonds is 5. The van der Waals surface area contributed by atoms with Crippen molar-refractivity contribution < 1.29 is 13.2 Å². The van der Waals surface area contributed by atoms with E-state index in [9.17, 15) is 13.2 Å². The predicted octanol–water partition coefficient (Wildman–Crippen LogP) is 5.27. The van der Waals surface area contributed by atoms with E-state index in [2.05, 4.69) is 15.0 Å². The van der Waals surface area contributed by atoms with Crippen LogP contribution in [0.15, 0.2) is 65.6 Å². The van der Waals surface area contributed by atoms with Crippen LogP contribution in [0.2, 0.25) is 0 Å². The molecule has 0 saturated carbocycles. The molecule has 2 N–H and O–H groups in total. The molecule has 1 aromatic heterocycles.